The number of nitrogens with one attached hydrogen (secondary N) is 1. The molecule has 1 aromatic carbocycles. The van der Waals surface area contributed by atoms with E-state index in [0.717, 1.165) is 5.56 Å². The zero-order valence-corrected chi connectivity index (χ0v) is 13.3. The maximum atomic E-state index is 11.9. The molecular weight excluding hydrogens is 284 g/mol. The molecular formula is C16H24N2O4. The molecule has 0 aliphatic carbocycles. The predicted octanol–water partition coefficient (Wildman–Crippen LogP) is 1.95. The fraction of sp³-hybridized carbons (Fsp3) is 0.500. The van der Waals surface area contributed by atoms with Gasteiger partial charge in [0.25, 0.3) is 0 Å². The topological polar surface area (TPSA) is 78.9 Å². The summed E-state index contributed by atoms with van der Waals surface area (Å²) in [5, 5.41) is 11.6. The summed E-state index contributed by atoms with van der Waals surface area (Å²) < 4.78 is 5.55. The van der Waals surface area contributed by atoms with Crippen LogP contribution in [0.5, 0.6) is 0 Å². The number of rotatable bonds is 8. The minimum atomic E-state index is -0.918. The van der Waals surface area contributed by atoms with Crippen molar-refractivity contribution >= 4 is 12.0 Å². The van der Waals surface area contributed by atoms with Gasteiger partial charge in [0.15, 0.2) is 0 Å². The lowest BCUT2D eigenvalue weighted by Gasteiger charge is -2.22. The van der Waals surface area contributed by atoms with Gasteiger partial charge < -0.3 is 20.1 Å². The van der Waals surface area contributed by atoms with Crippen LogP contribution in [0, 0.1) is 5.92 Å². The summed E-state index contributed by atoms with van der Waals surface area (Å²) in [6.45, 7) is 4.46. The van der Waals surface area contributed by atoms with E-state index in [2.05, 4.69) is 5.32 Å². The second kappa shape index (κ2) is 9.04. The summed E-state index contributed by atoms with van der Waals surface area (Å²) >= 11 is 0. The van der Waals surface area contributed by atoms with E-state index in [1.165, 1.54) is 4.90 Å². The molecule has 22 heavy (non-hydrogen) atoms. The van der Waals surface area contributed by atoms with Gasteiger partial charge in [-0.15, -0.1) is 0 Å². The van der Waals surface area contributed by atoms with Crippen molar-refractivity contribution in [3.8, 4) is 0 Å². The zero-order valence-electron chi connectivity index (χ0n) is 13.3. The van der Waals surface area contributed by atoms with Gasteiger partial charge in [-0.25, -0.2) is 4.79 Å². The highest BCUT2D eigenvalue weighted by molar-refractivity contribution is 5.75. The Labute approximate surface area is 131 Å². The van der Waals surface area contributed by atoms with Crippen molar-refractivity contribution in [3.63, 3.8) is 0 Å². The van der Waals surface area contributed by atoms with Gasteiger partial charge in [-0.3, -0.25) is 4.79 Å². The lowest BCUT2D eigenvalue weighted by molar-refractivity contribution is -0.141. The van der Waals surface area contributed by atoms with Crippen molar-refractivity contribution < 1.29 is 19.4 Å². The first kappa shape index (κ1) is 18.0. The van der Waals surface area contributed by atoms with Crippen LogP contribution < -0.4 is 5.32 Å². The Morgan fingerprint density at radius 1 is 1.27 bits per heavy atom. The molecule has 0 aliphatic heterocycles. The van der Waals surface area contributed by atoms with Crippen molar-refractivity contribution in [1.29, 1.82) is 0 Å². The Hall–Kier alpha value is -2.08. The molecule has 0 heterocycles. The third kappa shape index (κ3) is 6.58. The molecule has 2 atom stereocenters. The largest absolute Gasteiger partial charge is 0.481 e. The van der Waals surface area contributed by atoms with Crippen LogP contribution in [-0.4, -0.2) is 48.2 Å². The average Bonchev–Trinajstić information content (AvgIpc) is 2.47. The van der Waals surface area contributed by atoms with E-state index in [4.69, 9.17) is 9.84 Å². The molecule has 0 aliphatic rings. The van der Waals surface area contributed by atoms with E-state index < -0.39 is 11.9 Å². The van der Waals surface area contributed by atoms with Crippen molar-refractivity contribution in [1.82, 2.24) is 10.2 Å². The quantitative estimate of drug-likeness (QED) is 0.769. The molecule has 0 bridgehead atoms. The van der Waals surface area contributed by atoms with Crippen LogP contribution in [0.3, 0.4) is 0 Å². The molecule has 0 fully saturated rings. The third-order valence-corrected chi connectivity index (χ3v) is 3.17. The van der Waals surface area contributed by atoms with Crippen LogP contribution in [0.4, 0.5) is 4.79 Å². The van der Waals surface area contributed by atoms with Gasteiger partial charge in [-0.1, -0.05) is 37.3 Å². The van der Waals surface area contributed by atoms with Crippen molar-refractivity contribution in [2.45, 2.75) is 26.5 Å². The maximum Gasteiger partial charge on any atom is 0.317 e. The summed E-state index contributed by atoms with van der Waals surface area (Å²) in [6, 6.07) is 9.34. The summed E-state index contributed by atoms with van der Waals surface area (Å²) in [5.41, 5.74) is 1.08. The molecule has 6 nitrogen and oxygen atoms in total. The van der Waals surface area contributed by atoms with E-state index in [-0.39, 0.29) is 18.6 Å². The van der Waals surface area contributed by atoms with Gasteiger partial charge in [-0.05, 0) is 12.5 Å². The number of hydrogen-bond acceptors (Lipinski definition) is 3. The fourth-order valence-electron chi connectivity index (χ4n) is 1.86. The van der Waals surface area contributed by atoms with E-state index in [9.17, 15) is 9.59 Å². The van der Waals surface area contributed by atoms with Crippen molar-refractivity contribution in [3.05, 3.63) is 35.9 Å². The van der Waals surface area contributed by atoms with Crippen molar-refractivity contribution in [2.24, 2.45) is 5.92 Å². The smallest absolute Gasteiger partial charge is 0.317 e. The number of carbonyl (C=O) groups excluding carboxylic acids is 1. The van der Waals surface area contributed by atoms with Crippen LogP contribution in [-0.2, 0) is 16.1 Å². The molecule has 1 rings (SSSR count). The Morgan fingerprint density at radius 2 is 1.91 bits per heavy atom. The van der Waals surface area contributed by atoms with Crippen molar-refractivity contribution in [2.75, 3.05) is 20.2 Å². The molecule has 6 heteroatoms. The molecule has 0 radical (unpaired) electrons. The summed E-state index contributed by atoms with van der Waals surface area (Å²) in [6.07, 6.45) is 0. The number of urea groups is 1. The van der Waals surface area contributed by atoms with Crippen LogP contribution in [0.25, 0.3) is 0 Å². The van der Waals surface area contributed by atoms with Gasteiger partial charge in [0.05, 0.1) is 25.2 Å². The number of aliphatic carboxylic acids is 1. The molecule has 2 N–H and O–H groups in total. The molecule has 0 aromatic heterocycles. The normalized spacial score (nSPS) is 13.2. The maximum absolute atomic E-state index is 11.9. The molecule has 0 saturated carbocycles. The minimum Gasteiger partial charge on any atom is -0.481 e. The van der Waals surface area contributed by atoms with Gasteiger partial charge >= 0.3 is 12.0 Å². The predicted molar refractivity (Wildman–Crippen MR) is 83.5 cm³/mol. The monoisotopic (exact) mass is 308 g/mol. The summed E-state index contributed by atoms with van der Waals surface area (Å²) in [7, 11) is 1.58. The van der Waals surface area contributed by atoms with E-state index in [1.807, 2.05) is 37.3 Å². The number of nitrogens with zero attached hydrogens (tertiary/aromatic N) is 1. The highest BCUT2D eigenvalue weighted by Gasteiger charge is 2.18. The Balaban J connectivity index is 2.27. The molecule has 2 amide bonds. The summed E-state index contributed by atoms with van der Waals surface area (Å²) in [5.74, 6) is -1.51. The van der Waals surface area contributed by atoms with Crippen LogP contribution in [0.2, 0.25) is 0 Å². The highest BCUT2D eigenvalue weighted by Crippen LogP contribution is 2.02. The number of amides is 2. The molecule has 0 saturated heterocycles. The van der Waals surface area contributed by atoms with E-state index in [1.54, 1.807) is 14.0 Å². The first-order valence-electron chi connectivity index (χ1n) is 7.26. The number of carboxylic acids is 1. The highest BCUT2D eigenvalue weighted by atomic mass is 16.5. The van der Waals surface area contributed by atoms with E-state index in [0.29, 0.717) is 13.2 Å². The number of benzene rings is 1. The Kier molecular flexibility index (Phi) is 7.39. The lowest BCUT2D eigenvalue weighted by Crippen LogP contribution is -2.45. The second-order valence-corrected chi connectivity index (χ2v) is 5.47. The number of carbonyl (C=O) groups is 2. The second-order valence-electron chi connectivity index (χ2n) is 5.47. The average molecular weight is 308 g/mol. The number of carboxylic acid groups (broad SMARTS) is 1. The molecule has 1 aromatic rings. The van der Waals surface area contributed by atoms with E-state index >= 15 is 0 Å². The summed E-state index contributed by atoms with van der Waals surface area (Å²) in [4.78, 5) is 24.1. The van der Waals surface area contributed by atoms with Gasteiger partial charge in [0, 0.05) is 13.6 Å². The lowest BCUT2D eigenvalue weighted by atomic mass is 10.2. The van der Waals surface area contributed by atoms with Gasteiger partial charge in [0.2, 0.25) is 0 Å². The number of hydrogen-bond donors (Lipinski definition) is 2. The molecule has 122 valence electrons. The van der Waals surface area contributed by atoms with Crippen LogP contribution in [0.15, 0.2) is 30.3 Å². The standard InChI is InChI=1S/C16H24N2O4/c1-12(15(19)20)9-18(3)16(21)17-13(2)10-22-11-14-7-5-4-6-8-14/h4-8,12-13H,9-11H2,1-3H3,(H,17,21)(H,19,20). The first-order chi connectivity index (χ1) is 10.4. The minimum absolute atomic E-state index is 0.154. The van der Waals surface area contributed by atoms with Gasteiger partial charge in [-0.2, -0.15) is 0 Å². The fourth-order valence-corrected chi connectivity index (χ4v) is 1.86. The van der Waals surface area contributed by atoms with Crippen LogP contribution in [0.1, 0.15) is 19.4 Å². The third-order valence-electron chi connectivity index (χ3n) is 3.17. The zero-order chi connectivity index (χ0) is 16.5. The number of ether oxygens (including phenoxy) is 1. The van der Waals surface area contributed by atoms with Gasteiger partial charge in [0.1, 0.15) is 0 Å². The molecule has 2 unspecified atom stereocenters. The van der Waals surface area contributed by atoms with Crippen LogP contribution >= 0.6 is 0 Å². The molecule has 0 spiro atoms. The Bertz CT molecular complexity index is 478. The Morgan fingerprint density at radius 3 is 2.50 bits per heavy atom. The first-order valence-corrected chi connectivity index (χ1v) is 7.26. The SMILES string of the molecule is CC(COCc1ccccc1)NC(=O)N(C)CC(C)C(=O)O.